The molecule has 0 atom stereocenters. The summed E-state index contributed by atoms with van der Waals surface area (Å²) < 4.78 is 17.9. The van der Waals surface area contributed by atoms with E-state index in [0.717, 1.165) is 6.07 Å². The Bertz CT molecular complexity index is 387. The van der Waals surface area contributed by atoms with Crippen LogP contribution in [0.4, 0.5) is 4.39 Å². The second-order valence-electron chi connectivity index (χ2n) is 3.97. The van der Waals surface area contributed by atoms with Crippen LogP contribution in [0.1, 0.15) is 31.3 Å². The van der Waals surface area contributed by atoms with Gasteiger partial charge in [-0.1, -0.05) is 0 Å². The Balaban J connectivity index is 2.88. The molecule has 3 nitrogen and oxygen atoms in total. The van der Waals surface area contributed by atoms with E-state index in [1.165, 1.54) is 6.07 Å². The molecule has 0 aliphatic carbocycles. The second-order valence-corrected chi connectivity index (χ2v) is 4.72. The summed E-state index contributed by atoms with van der Waals surface area (Å²) in [6.45, 7) is 5.26. The minimum Gasteiger partial charge on any atom is -0.455 e. The minimum absolute atomic E-state index is 0.00543. The van der Waals surface area contributed by atoms with Crippen molar-refractivity contribution in [3.63, 3.8) is 0 Å². The Morgan fingerprint density at radius 2 is 2.07 bits per heavy atom. The maximum absolute atomic E-state index is 12.8. The third-order valence-electron chi connectivity index (χ3n) is 1.41. The average Bonchev–Trinajstić information content (AvgIpc) is 2.06. The van der Waals surface area contributed by atoms with Crippen LogP contribution in [0.2, 0.25) is 0 Å². The number of aromatic nitrogens is 1. The van der Waals surface area contributed by atoms with E-state index in [1.807, 2.05) is 0 Å². The summed E-state index contributed by atoms with van der Waals surface area (Å²) in [6.07, 6.45) is 0. The highest BCUT2D eigenvalue weighted by Crippen LogP contribution is 2.15. The average molecular weight is 276 g/mol. The molecule has 0 saturated carbocycles. The van der Waals surface area contributed by atoms with Gasteiger partial charge in [0.1, 0.15) is 15.9 Å². The summed E-state index contributed by atoms with van der Waals surface area (Å²) in [7, 11) is 0. The van der Waals surface area contributed by atoms with Gasteiger partial charge in [0.05, 0.1) is 0 Å². The standard InChI is InChI=1S/C10H11BrFNO2/c1-10(2,3)15-9(14)7-5-4-6(12)8(11)13-7/h4-5H,1-3H3. The summed E-state index contributed by atoms with van der Waals surface area (Å²) >= 11 is 2.90. The van der Waals surface area contributed by atoms with E-state index in [2.05, 4.69) is 20.9 Å². The molecule has 1 aromatic rings. The molecular formula is C10H11BrFNO2. The maximum Gasteiger partial charge on any atom is 0.357 e. The van der Waals surface area contributed by atoms with E-state index in [1.54, 1.807) is 20.8 Å². The van der Waals surface area contributed by atoms with Crippen LogP contribution in [0.5, 0.6) is 0 Å². The number of hydrogen-bond acceptors (Lipinski definition) is 3. The van der Waals surface area contributed by atoms with E-state index in [0.29, 0.717) is 0 Å². The number of carbonyl (C=O) groups excluding carboxylic acids is 1. The molecule has 5 heteroatoms. The molecule has 0 amide bonds. The Morgan fingerprint density at radius 3 is 2.53 bits per heavy atom. The lowest BCUT2D eigenvalue weighted by molar-refractivity contribution is 0.00625. The molecule has 0 saturated heterocycles. The number of pyridine rings is 1. The van der Waals surface area contributed by atoms with E-state index >= 15 is 0 Å². The summed E-state index contributed by atoms with van der Waals surface area (Å²) in [6, 6.07) is 2.45. The zero-order valence-corrected chi connectivity index (χ0v) is 10.3. The zero-order chi connectivity index (χ0) is 11.6. The topological polar surface area (TPSA) is 39.2 Å². The molecule has 82 valence electrons. The van der Waals surface area contributed by atoms with Crippen molar-refractivity contribution in [1.82, 2.24) is 4.98 Å². The van der Waals surface area contributed by atoms with E-state index in [-0.39, 0.29) is 10.3 Å². The third kappa shape index (κ3) is 3.58. The molecular weight excluding hydrogens is 265 g/mol. The van der Waals surface area contributed by atoms with Crippen LogP contribution in [0.3, 0.4) is 0 Å². The number of carbonyl (C=O) groups is 1. The highest BCUT2D eigenvalue weighted by Gasteiger charge is 2.19. The van der Waals surface area contributed by atoms with Crippen LogP contribution >= 0.6 is 15.9 Å². The van der Waals surface area contributed by atoms with Gasteiger partial charge in [-0.3, -0.25) is 0 Å². The van der Waals surface area contributed by atoms with Crippen LogP contribution < -0.4 is 0 Å². The first-order valence-corrected chi connectivity index (χ1v) is 5.14. The smallest absolute Gasteiger partial charge is 0.357 e. The number of ether oxygens (including phenoxy) is 1. The lowest BCUT2D eigenvalue weighted by Crippen LogP contribution is -2.24. The number of rotatable bonds is 1. The Morgan fingerprint density at radius 1 is 1.47 bits per heavy atom. The fourth-order valence-electron chi connectivity index (χ4n) is 0.861. The molecule has 0 spiro atoms. The quantitative estimate of drug-likeness (QED) is 0.584. The first-order valence-electron chi connectivity index (χ1n) is 4.35. The van der Waals surface area contributed by atoms with Gasteiger partial charge in [-0.05, 0) is 48.8 Å². The van der Waals surface area contributed by atoms with E-state index in [4.69, 9.17) is 4.74 Å². The fraction of sp³-hybridized carbons (Fsp3) is 0.400. The Kier molecular flexibility index (Phi) is 3.44. The minimum atomic E-state index is -0.584. The van der Waals surface area contributed by atoms with E-state index in [9.17, 15) is 9.18 Å². The van der Waals surface area contributed by atoms with Crippen molar-refractivity contribution >= 4 is 21.9 Å². The summed E-state index contributed by atoms with van der Waals surface area (Å²) in [5.41, 5.74) is -0.502. The van der Waals surface area contributed by atoms with Gasteiger partial charge < -0.3 is 4.74 Å². The monoisotopic (exact) mass is 275 g/mol. The first-order chi connectivity index (χ1) is 6.79. The molecule has 0 aromatic carbocycles. The molecule has 0 fully saturated rings. The first kappa shape index (κ1) is 12.1. The summed E-state index contributed by atoms with van der Waals surface area (Å²) in [5, 5.41) is 0. The lowest BCUT2D eigenvalue weighted by Gasteiger charge is -2.19. The van der Waals surface area contributed by atoms with Crippen LogP contribution in [-0.2, 0) is 4.74 Å². The van der Waals surface area contributed by atoms with Crippen molar-refractivity contribution in [3.05, 3.63) is 28.2 Å². The highest BCUT2D eigenvalue weighted by molar-refractivity contribution is 9.10. The molecule has 0 radical (unpaired) electrons. The van der Waals surface area contributed by atoms with Gasteiger partial charge >= 0.3 is 5.97 Å². The van der Waals surface area contributed by atoms with Crippen molar-refractivity contribution in [2.45, 2.75) is 26.4 Å². The normalized spacial score (nSPS) is 11.3. The van der Waals surface area contributed by atoms with Crippen LogP contribution in [0.25, 0.3) is 0 Å². The van der Waals surface area contributed by atoms with Crippen molar-refractivity contribution in [2.24, 2.45) is 0 Å². The third-order valence-corrected chi connectivity index (χ3v) is 1.97. The Labute approximate surface area is 95.8 Å². The van der Waals surface area contributed by atoms with E-state index < -0.39 is 17.4 Å². The predicted octanol–water partition coefficient (Wildman–Crippen LogP) is 2.94. The number of nitrogens with zero attached hydrogens (tertiary/aromatic N) is 1. The molecule has 1 rings (SSSR count). The van der Waals surface area contributed by atoms with Crippen LogP contribution in [-0.4, -0.2) is 16.6 Å². The zero-order valence-electron chi connectivity index (χ0n) is 8.67. The molecule has 0 aliphatic heterocycles. The highest BCUT2D eigenvalue weighted by atomic mass is 79.9. The molecule has 0 bridgehead atoms. The molecule has 1 aromatic heterocycles. The molecule has 1 heterocycles. The van der Waals surface area contributed by atoms with Gasteiger partial charge in [-0.15, -0.1) is 0 Å². The van der Waals surface area contributed by atoms with Gasteiger partial charge in [0.15, 0.2) is 5.82 Å². The number of halogens is 2. The van der Waals surface area contributed by atoms with Crippen LogP contribution in [0, 0.1) is 5.82 Å². The van der Waals surface area contributed by atoms with Crippen LogP contribution in [0.15, 0.2) is 16.7 Å². The summed E-state index contributed by atoms with van der Waals surface area (Å²) in [5.74, 6) is -1.08. The molecule has 15 heavy (non-hydrogen) atoms. The fourth-order valence-corrected chi connectivity index (χ4v) is 1.18. The van der Waals surface area contributed by atoms with Gasteiger partial charge in [-0.2, -0.15) is 0 Å². The predicted molar refractivity (Wildman–Crippen MR) is 57.1 cm³/mol. The van der Waals surface area contributed by atoms with Crippen molar-refractivity contribution in [2.75, 3.05) is 0 Å². The van der Waals surface area contributed by atoms with Gasteiger partial charge in [0.2, 0.25) is 0 Å². The maximum atomic E-state index is 12.8. The largest absolute Gasteiger partial charge is 0.455 e. The molecule has 0 aliphatic rings. The van der Waals surface area contributed by atoms with Gasteiger partial charge in [-0.25, -0.2) is 14.2 Å². The summed E-state index contributed by atoms with van der Waals surface area (Å²) in [4.78, 5) is 15.2. The number of esters is 1. The van der Waals surface area contributed by atoms with Crippen molar-refractivity contribution in [3.8, 4) is 0 Å². The van der Waals surface area contributed by atoms with Crippen molar-refractivity contribution < 1.29 is 13.9 Å². The van der Waals surface area contributed by atoms with Crippen molar-refractivity contribution in [1.29, 1.82) is 0 Å². The number of hydrogen-bond donors (Lipinski definition) is 0. The van der Waals surface area contributed by atoms with Gasteiger partial charge in [0, 0.05) is 0 Å². The molecule has 0 unspecified atom stereocenters. The lowest BCUT2D eigenvalue weighted by atomic mass is 10.2. The Hall–Kier alpha value is -0.970. The second kappa shape index (κ2) is 4.26. The molecule has 0 N–H and O–H groups in total. The van der Waals surface area contributed by atoms with Gasteiger partial charge in [0.25, 0.3) is 0 Å². The SMILES string of the molecule is CC(C)(C)OC(=O)c1ccc(F)c(Br)n1.